The fourth-order valence-electron chi connectivity index (χ4n) is 3.03. The van der Waals surface area contributed by atoms with Crippen molar-refractivity contribution in [2.45, 2.75) is 18.9 Å². The maximum atomic E-state index is 11.9. The molecule has 1 aromatic rings. The van der Waals surface area contributed by atoms with Crippen molar-refractivity contribution in [3.05, 3.63) is 18.5 Å². The van der Waals surface area contributed by atoms with E-state index in [9.17, 15) is 9.59 Å². The molecule has 2 aliphatic rings. The zero-order valence-corrected chi connectivity index (χ0v) is 12.2. The van der Waals surface area contributed by atoms with Gasteiger partial charge in [0.2, 0.25) is 11.9 Å². The summed E-state index contributed by atoms with van der Waals surface area (Å²) in [6.07, 6.45) is 5.86. The highest BCUT2D eigenvalue weighted by Crippen LogP contribution is 2.41. The van der Waals surface area contributed by atoms with Crippen LogP contribution in [-0.2, 0) is 4.79 Å². The van der Waals surface area contributed by atoms with E-state index in [2.05, 4.69) is 25.5 Å². The zero-order chi connectivity index (χ0) is 15.5. The van der Waals surface area contributed by atoms with Crippen LogP contribution in [0.15, 0.2) is 18.5 Å². The highest BCUT2D eigenvalue weighted by atomic mass is 16.2. The van der Waals surface area contributed by atoms with E-state index in [4.69, 9.17) is 5.73 Å². The van der Waals surface area contributed by atoms with Gasteiger partial charge in [-0.15, -0.1) is 0 Å². The molecule has 3 amide bonds. The first-order valence-corrected chi connectivity index (χ1v) is 7.48. The lowest BCUT2D eigenvalue weighted by Crippen LogP contribution is -2.46. The molecule has 1 saturated heterocycles. The van der Waals surface area contributed by atoms with E-state index in [0.29, 0.717) is 24.3 Å². The molecule has 118 valence electrons. The fraction of sp³-hybridized carbons (Fsp3) is 0.571. The lowest BCUT2D eigenvalue weighted by Gasteiger charge is -2.19. The van der Waals surface area contributed by atoms with Crippen molar-refractivity contribution in [2.24, 2.45) is 17.6 Å². The van der Waals surface area contributed by atoms with Gasteiger partial charge in [-0.2, -0.15) is 0 Å². The summed E-state index contributed by atoms with van der Waals surface area (Å²) in [7, 11) is 0. The van der Waals surface area contributed by atoms with Crippen LogP contribution < -0.4 is 21.3 Å². The van der Waals surface area contributed by atoms with Crippen molar-refractivity contribution in [2.75, 3.05) is 24.5 Å². The van der Waals surface area contributed by atoms with Crippen LogP contribution in [0.5, 0.6) is 0 Å². The number of amides is 3. The van der Waals surface area contributed by atoms with Crippen molar-refractivity contribution in [1.82, 2.24) is 20.6 Å². The number of urea groups is 1. The Hall–Kier alpha value is -2.38. The number of hydrogen-bond donors (Lipinski definition) is 3. The monoisotopic (exact) mass is 304 g/mol. The molecule has 0 bridgehead atoms. The number of carbonyl (C=O) groups is 2. The molecule has 0 radical (unpaired) electrons. The molecule has 3 rings (SSSR count). The summed E-state index contributed by atoms with van der Waals surface area (Å²) in [5.41, 5.74) is 4.98. The highest BCUT2D eigenvalue weighted by molar-refractivity contribution is 5.83. The molecule has 8 heteroatoms. The third-order valence-corrected chi connectivity index (χ3v) is 4.20. The first kappa shape index (κ1) is 14.6. The highest BCUT2D eigenvalue weighted by Gasteiger charge is 2.43. The fourth-order valence-corrected chi connectivity index (χ4v) is 3.03. The van der Waals surface area contributed by atoms with Gasteiger partial charge in [0, 0.05) is 31.4 Å². The van der Waals surface area contributed by atoms with Crippen molar-refractivity contribution in [3.63, 3.8) is 0 Å². The number of nitrogens with two attached hydrogens (primary N) is 1. The maximum absolute atomic E-state index is 11.9. The molecule has 2 heterocycles. The van der Waals surface area contributed by atoms with Crippen LogP contribution in [0.1, 0.15) is 12.8 Å². The Kier molecular flexibility index (Phi) is 4.08. The Morgan fingerprint density at radius 2 is 2.00 bits per heavy atom. The molecule has 0 aromatic carbocycles. The minimum atomic E-state index is -0.695. The molecule has 8 nitrogen and oxygen atoms in total. The summed E-state index contributed by atoms with van der Waals surface area (Å²) < 4.78 is 0. The van der Waals surface area contributed by atoms with E-state index in [0.717, 1.165) is 6.54 Å². The van der Waals surface area contributed by atoms with Gasteiger partial charge in [-0.25, -0.2) is 14.8 Å². The quantitative estimate of drug-likeness (QED) is 0.677. The molecular weight excluding hydrogens is 284 g/mol. The number of rotatable bonds is 5. The smallest absolute Gasteiger partial charge is 0.312 e. The molecule has 1 aliphatic carbocycles. The largest absolute Gasteiger partial charge is 0.352 e. The van der Waals surface area contributed by atoms with E-state index in [-0.39, 0.29) is 18.5 Å². The topological polar surface area (TPSA) is 113 Å². The lowest BCUT2D eigenvalue weighted by molar-refractivity contribution is -0.120. The number of nitrogens with one attached hydrogen (secondary N) is 2. The number of aromatic nitrogens is 2. The Labute approximate surface area is 128 Å². The summed E-state index contributed by atoms with van der Waals surface area (Å²) in [4.78, 5) is 33.2. The Balaban J connectivity index is 1.62. The lowest BCUT2D eigenvalue weighted by atomic mass is 9.98. The van der Waals surface area contributed by atoms with Crippen LogP contribution in [0.25, 0.3) is 0 Å². The number of carbonyl (C=O) groups excluding carboxylic acids is 2. The van der Waals surface area contributed by atoms with Gasteiger partial charge in [0.15, 0.2) is 0 Å². The van der Waals surface area contributed by atoms with E-state index >= 15 is 0 Å². The van der Waals surface area contributed by atoms with Crippen LogP contribution in [0.3, 0.4) is 0 Å². The van der Waals surface area contributed by atoms with Crippen molar-refractivity contribution in [3.8, 4) is 0 Å². The molecule has 2 atom stereocenters. The predicted molar refractivity (Wildman–Crippen MR) is 80.0 cm³/mol. The number of hydrogen-bond acceptors (Lipinski definition) is 5. The van der Waals surface area contributed by atoms with Gasteiger partial charge >= 0.3 is 6.03 Å². The molecule has 1 aromatic heterocycles. The first-order chi connectivity index (χ1) is 10.6. The molecule has 0 spiro atoms. The van der Waals surface area contributed by atoms with Gasteiger partial charge in [-0.1, -0.05) is 0 Å². The molecule has 2 fully saturated rings. The minimum absolute atomic E-state index is 0.0542. The minimum Gasteiger partial charge on any atom is -0.352 e. The summed E-state index contributed by atoms with van der Waals surface area (Å²) in [6.45, 7) is 1.45. The Bertz CT molecular complexity index is 548. The molecule has 4 N–H and O–H groups in total. The van der Waals surface area contributed by atoms with Gasteiger partial charge in [-0.3, -0.25) is 4.79 Å². The SMILES string of the molecule is NC(=O)NCC(=O)N[C@H]1CN(c2ncccn2)C[C@@H]1C1CC1. The second-order valence-corrected chi connectivity index (χ2v) is 5.85. The molecule has 1 saturated carbocycles. The third kappa shape index (κ3) is 3.44. The second-order valence-electron chi connectivity index (χ2n) is 5.85. The van der Waals surface area contributed by atoms with Crippen molar-refractivity contribution in [1.29, 1.82) is 0 Å². The number of primary amides is 1. The van der Waals surface area contributed by atoms with E-state index in [1.165, 1.54) is 12.8 Å². The average Bonchev–Trinajstić information content (AvgIpc) is 3.27. The summed E-state index contributed by atoms with van der Waals surface area (Å²) in [5.74, 6) is 1.54. The van der Waals surface area contributed by atoms with E-state index < -0.39 is 6.03 Å². The Morgan fingerprint density at radius 1 is 1.27 bits per heavy atom. The predicted octanol–water partition coefficient (Wildman–Crippen LogP) is -0.524. The van der Waals surface area contributed by atoms with Crippen molar-refractivity contribution < 1.29 is 9.59 Å². The van der Waals surface area contributed by atoms with Gasteiger partial charge in [0.1, 0.15) is 0 Å². The van der Waals surface area contributed by atoms with Crippen LogP contribution in [0.2, 0.25) is 0 Å². The van der Waals surface area contributed by atoms with Crippen molar-refractivity contribution >= 4 is 17.9 Å². The number of anilines is 1. The van der Waals surface area contributed by atoms with Crippen LogP contribution in [0.4, 0.5) is 10.7 Å². The zero-order valence-electron chi connectivity index (χ0n) is 12.2. The summed E-state index contributed by atoms with van der Waals surface area (Å²) >= 11 is 0. The maximum Gasteiger partial charge on any atom is 0.312 e. The van der Waals surface area contributed by atoms with Gasteiger partial charge < -0.3 is 21.3 Å². The van der Waals surface area contributed by atoms with Crippen LogP contribution in [-0.4, -0.2) is 47.6 Å². The normalized spacial score (nSPS) is 24.1. The van der Waals surface area contributed by atoms with Gasteiger partial charge in [-0.05, 0) is 24.8 Å². The number of nitrogens with zero attached hydrogens (tertiary/aromatic N) is 3. The van der Waals surface area contributed by atoms with Gasteiger partial charge in [0.25, 0.3) is 0 Å². The molecule has 0 unspecified atom stereocenters. The standard InChI is InChI=1S/C14H20N6O2/c15-13(22)18-6-12(21)19-11-8-20(7-10(11)9-2-3-9)14-16-4-1-5-17-14/h1,4-5,9-11H,2-3,6-8H2,(H,19,21)(H3,15,18,22)/t10-,11+/m1/s1. The first-order valence-electron chi connectivity index (χ1n) is 7.48. The summed E-state index contributed by atoms with van der Waals surface area (Å²) in [5, 5.41) is 5.31. The molecule has 22 heavy (non-hydrogen) atoms. The Morgan fingerprint density at radius 3 is 2.64 bits per heavy atom. The van der Waals surface area contributed by atoms with E-state index in [1.54, 1.807) is 18.5 Å². The van der Waals surface area contributed by atoms with Gasteiger partial charge in [0.05, 0.1) is 12.6 Å². The second kappa shape index (κ2) is 6.17. The average molecular weight is 304 g/mol. The summed E-state index contributed by atoms with van der Waals surface area (Å²) in [6, 6.07) is 1.14. The van der Waals surface area contributed by atoms with Crippen LogP contribution >= 0.6 is 0 Å². The third-order valence-electron chi connectivity index (χ3n) is 4.20. The molecular formula is C14H20N6O2. The molecule has 1 aliphatic heterocycles. The van der Waals surface area contributed by atoms with Crippen LogP contribution in [0, 0.1) is 11.8 Å². The van der Waals surface area contributed by atoms with E-state index in [1.807, 2.05) is 0 Å².